The van der Waals surface area contributed by atoms with Gasteiger partial charge in [0, 0.05) is 63.7 Å². The zero-order chi connectivity index (χ0) is 55.5. The van der Waals surface area contributed by atoms with Gasteiger partial charge < -0.3 is 115 Å². The molecule has 3 saturated heterocycles. The molecule has 436 valence electrons. The van der Waals surface area contributed by atoms with Gasteiger partial charge in [-0.3, -0.25) is 24.0 Å². The van der Waals surface area contributed by atoms with Crippen LogP contribution in [0.15, 0.2) is 0 Å². The van der Waals surface area contributed by atoms with E-state index in [2.05, 4.69) is 26.6 Å². The quantitative estimate of drug-likeness (QED) is 0.0205. The largest absolute Gasteiger partial charge is 0.394 e. The summed E-state index contributed by atoms with van der Waals surface area (Å²) in [6.07, 6.45) is -12.8. The van der Waals surface area contributed by atoms with Gasteiger partial charge in [0.15, 0.2) is 18.9 Å². The molecule has 28 nitrogen and oxygen atoms in total. The summed E-state index contributed by atoms with van der Waals surface area (Å²) in [5, 5.41) is 103. The molecule has 0 aromatic rings. The third kappa shape index (κ3) is 22.5. The Labute approximate surface area is 436 Å². The maximum Gasteiger partial charge on any atom is 0.230 e. The summed E-state index contributed by atoms with van der Waals surface area (Å²) in [6.45, 7) is 3.01. The summed E-state index contributed by atoms with van der Waals surface area (Å²) >= 11 is 0. The highest BCUT2D eigenvalue weighted by atomic mass is 16.7. The van der Waals surface area contributed by atoms with Gasteiger partial charge in [-0.25, -0.2) is 0 Å². The second-order valence-corrected chi connectivity index (χ2v) is 19.0. The van der Waals surface area contributed by atoms with Crippen molar-refractivity contribution in [2.75, 3.05) is 106 Å². The molecule has 3 aliphatic rings. The van der Waals surface area contributed by atoms with Crippen LogP contribution >= 0.6 is 0 Å². The molecule has 0 spiro atoms. The van der Waals surface area contributed by atoms with Gasteiger partial charge in [-0.15, -0.1) is 0 Å². The van der Waals surface area contributed by atoms with Crippen LogP contribution in [0, 0.1) is 17.8 Å². The maximum absolute atomic E-state index is 13.2. The molecule has 0 bridgehead atoms. The first-order chi connectivity index (χ1) is 35.8. The number of carbonyl (C=O) groups is 5. The topological polar surface area (TPSA) is 411 Å². The lowest BCUT2D eigenvalue weighted by Gasteiger charge is -2.40. The molecule has 0 radical (unpaired) electrons. The lowest BCUT2D eigenvalue weighted by Crippen LogP contribution is -2.59. The van der Waals surface area contributed by atoms with E-state index in [-0.39, 0.29) is 116 Å². The number of rotatable bonds is 36. The third-order valence-electron chi connectivity index (χ3n) is 12.9. The summed E-state index contributed by atoms with van der Waals surface area (Å²) in [5.74, 6) is -4.22. The minimum Gasteiger partial charge on any atom is -0.394 e. The highest BCUT2D eigenvalue weighted by Crippen LogP contribution is 2.29. The van der Waals surface area contributed by atoms with Gasteiger partial charge in [0.05, 0.1) is 97.6 Å². The molecule has 0 aromatic heterocycles. The number of hydrogen-bond acceptors (Lipinski definition) is 23. The molecule has 3 rings (SSSR count). The molecule has 75 heavy (non-hydrogen) atoms. The van der Waals surface area contributed by atoms with Crippen LogP contribution in [0.2, 0.25) is 0 Å². The second-order valence-electron chi connectivity index (χ2n) is 19.0. The van der Waals surface area contributed by atoms with E-state index in [1.54, 1.807) is 20.8 Å². The minimum atomic E-state index is -1.51. The van der Waals surface area contributed by atoms with E-state index in [1.807, 2.05) is 0 Å². The van der Waals surface area contributed by atoms with E-state index in [0.717, 1.165) is 0 Å². The average Bonchev–Trinajstić information content (AvgIpc) is 3.39. The van der Waals surface area contributed by atoms with E-state index >= 15 is 0 Å². The monoisotopic (exact) mass is 1090 g/mol. The predicted octanol–water partition coefficient (Wildman–Crippen LogP) is -6.01. The SMILES string of the molecule is CNC(=O)CC(=O)NC(COCCC(=O)NCCCO[C@@H]1OC(CO)[C@H](O)[C@H](O)C1C)(COCCC(=O)NCCCO[C@@H]1OC(CO)[C@H](O)[C@H](O)C1C)COCCC(=O)NCCCO[C@@H]1OC(CO)[C@H](O)[C@H](O)C1C. The van der Waals surface area contributed by atoms with E-state index in [0.29, 0.717) is 19.3 Å². The van der Waals surface area contributed by atoms with Crippen LogP contribution in [0.4, 0.5) is 0 Å². The molecule has 15 atom stereocenters. The number of amides is 5. The van der Waals surface area contributed by atoms with Crippen molar-refractivity contribution in [2.45, 2.75) is 145 Å². The summed E-state index contributed by atoms with van der Waals surface area (Å²) < 4.78 is 51.4. The lowest BCUT2D eigenvalue weighted by molar-refractivity contribution is -0.282. The number of aliphatic hydroxyl groups excluding tert-OH is 9. The molecular weight excluding hydrogens is 1000 g/mol. The van der Waals surface area contributed by atoms with E-state index in [4.69, 9.17) is 42.6 Å². The molecule has 6 unspecified atom stereocenters. The number of ether oxygens (including phenoxy) is 9. The normalized spacial score (nSPS) is 30.7. The van der Waals surface area contributed by atoms with Gasteiger partial charge in [0.1, 0.15) is 48.6 Å². The first-order valence-corrected chi connectivity index (χ1v) is 25.6. The number of aliphatic hydroxyl groups is 9. The van der Waals surface area contributed by atoms with Crippen molar-refractivity contribution >= 4 is 29.5 Å². The molecule has 28 heteroatoms. The van der Waals surface area contributed by atoms with Gasteiger partial charge in [0.25, 0.3) is 0 Å². The van der Waals surface area contributed by atoms with Crippen LogP contribution < -0.4 is 26.6 Å². The number of hydrogen-bond donors (Lipinski definition) is 14. The molecule has 3 fully saturated rings. The second kappa shape index (κ2) is 35.2. The third-order valence-corrected chi connectivity index (χ3v) is 12.9. The highest BCUT2D eigenvalue weighted by molar-refractivity contribution is 5.97. The molecule has 0 aromatic carbocycles. The molecule has 5 amide bonds. The van der Waals surface area contributed by atoms with Gasteiger partial charge in [-0.05, 0) is 19.3 Å². The first kappa shape index (κ1) is 65.9. The Hall–Kier alpha value is -3.37. The summed E-state index contributed by atoms with van der Waals surface area (Å²) in [5.41, 5.74) is -1.51. The van der Waals surface area contributed by atoms with Crippen molar-refractivity contribution in [3.63, 3.8) is 0 Å². The zero-order valence-corrected chi connectivity index (χ0v) is 43.5. The maximum atomic E-state index is 13.2. The smallest absolute Gasteiger partial charge is 0.230 e. The number of nitrogens with one attached hydrogen (secondary N) is 5. The van der Waals surface area contributed by atoms with Gasteiger partial charge >= 0.3 is 0 Å². The van der Waals surface area contributed by atoms with Crippen LogP contribution in [-0.2, 0) is 66.6 Å². The summed E-state index contributed by atoms with van der Waals surface area (Å²) in [4.78, 5) is 63.7. The van der Waals surface area contributed by atoms with E-state index < -0.39 is 135 Å². The Morgan fingerprint density at radius 3 is 1.04 bits per heavy atom. The van der Waals surface area contributed by atoms with Crippen LogP contribution in [0.25, 0.3) is 0 Å². The van der Waals surface area contributed by atoms with Crippen LogP contribution in [0.5, 0.6) is 0 Å². The Bertz CT molecular complexity index is 1510. The van der Waals surface area contributed by atoms with Gasteiger partial charge in [0.2, 0.25) is 29.5 Å². The van der Waals surface area contributed by atoms with Crippen molar-refractivity contribution in [1.29, 1.82) is 0 Å². The fourth-order valence-electron chi connectivity index (χ4n) is 8.10. The Kier molecular flexibility index (Phi) is 30.9. The predicted molar refractivity (Wildman–Crippen MR) is 257 cm³/mol. The minimum absolute atomic E-state index is 0.117. The molecular formula is C47H85N5O23. The Balaban J connectivity index is 1.53. The standard InChI is InChI=1S/C47H85N5O23/c1-27-38(61)41(64)30(21-53)73-44(27)70-14-5-11-49-33(56)8-17-67-24-47(52-37(60)20-36(59)48-4,25-68-18-9-34(57)50-12-6-15-71-45-28(2)39(62)42(65)31(22-54)74-45)26-69-19-10-35(58)51-13-7-16-72-46-29(3)40(63)43(66)32(23-55)75-46/h27-32,38-46,53-55,61-66H,5-26H2,1-4H3,(H,48,59)(H,49,56)(H,50,57)(H,51,58)(H,52,60)/t27?,28?,29?,30?,31?,32?,38-,39-,40-,41+,42+,43+,44-,45-,46-,47?/m1/s1. The number of carbonyl (C=O) groups excluding carboxylic acids is 5. The fraction of sp³-hybridized carbons (Fsp3) is 0.894. The van der Waals surface area contributed by atoms with Crippen LogP contribution in [-0.4, -0.2) is 261 Å². The molecule has 0 saturated carbocycles. The molecule has 3 aliphatic heterocycles. The van der Waals surface area contributed by atoms with Crippen molar-refractivity contribution in [3.8, 4) is 0 Å². The molecule has 0 aliphatic carbocycles. The summed E-state index contributed by atoms with van der Waals surface area (Å²) in [6, 6.07) is 0. The van der Waals surface area contributed by atoms with Crippen molar-refractivity contribution < 1.29 is 113 Å². The van der Waals surface area contributed by atoms with Crippen LogP contribution in [0.3, 0.4) is 0 Å². The first-order valence-electron chi connectivity index (χ1n) is 25.6. The lowest BCUT2D eigenvalue weighted by atomic mass is 9.92. The van der Waals surface area contributed by atoms with E-state index in [1.165, 1.54) is 7.05 Å². The Morgan fingerprint density at radius 2 is 0.760 bits per heavy atom. The van der Waals surface area contributed by atoms with Crippen LogP contribution in [0.1, 0.15) is 65.7 Å². The van der Waals surface area contributed by atoms with Crippen molar-refractivity contribution in [1.82, 2.24) is 26.6 Å². The average molecular weight is 1090 g/mol. The van der Waals surface area contributed by atoms with Gasteiger partial charge in [-0.1, -0.05) is 20.8 Å². The van der Waals surface area contributed by atoms with Crippen molar-refractivity contribution in [2.24, 2.45) is 17.8 Å². The molecule has 14 N–H and O–H groups in total. The Morgan fingerprint density at radius 1 is 0.453 bits per heavy atom. The fourth-order valence-corrected chi connectivity index (χ4v) is 8.10. The van der Waals surface area contributed by atoms with Gasteiger partial charge in [-0.2, -0.15) is 0 Å². The van der Waals surface area contributed by atoms with Crippen molar-refractivity contribution in [3.05, 3.63) is 0 Å². The zero-order valence-electron chi connectivity index (χ0n) is 43.5. The molecule has 3 heterocycles. The van der Waals surface area contributed by atoms with E-state index in [9.17, 15) is 69.9 Å². The summed E-state index contributed by atoms with van der Waals surface area (Å²) in [7, 11) is 1.36. The highest BCUT2D eigenvalue weighted by Gasteiger charge is 2.45.